The van der Waals surface area contributed by atoms with Crippen molar-refractivity contribution in [1.82, 2.24) is 15.2 Å². The minimum Gasteiger partial charge on any atom is -0.489 e. The van der Waals surface area contributed by atoms with E-state index in [-0.39, 0.29) is 11.4 Å². The quantitative estimate of drug-likeness (QED) is 0.476. The maximum absolute atomic E-state index is 13.0. The number of nitrogens with one attached hydrogen (secondary N) is 2. The first-order valence-electron chi connectivity index (χ1n) is 9.87. The van der Waals surface area contributed by atoms with Crippen molar-refractivity contribution in [2.45, 2.75) is 20.5 Å². The van der Waals surface area contributed by atoms with E-state index >= 15 is 0 Å². The molecule has 162 valence electrons. The van der Waals surface area contributed by atoms with E-state index in [0.717, 1.165) is 22.6 Å². The molecule has 1 aromatic heterocycles. The molecule has 0 saturated carbocycles. The Bertz CT molecular complexity index is 1220. The van der Waals surface area contributed by atoms with Crippen molar-refractivity contribution in [3.63, 3.8) is 0 Å². The molecule has 0 atom stereocenters. The molecule has 4 amide bonds. The first-order chi connectivity index (χ1) is 15.3. The summed E-state index contributed by atoms with van der Waals surface area (Å²) >= 11 is 0. The van der Waals surface area contributed by atoms with Gasteiger partial charge in [-0.05, 0) is 73.5 Å². The number of imide groups is 2. The smallest absolute Gasteiger partial charge is 0.328 e. The summed E-state index contributed by atoms with van der Waals surface area (Å²) in [4.78, 5) is 35.3. The van der Waals surface area contributed by atoms with Crippen LogP contribution in [0.1, 0.15) is 22.5 Å². The summed E-state index contributed by atoms with van der Waals surface area (Å²) in [5.74, 6) is -1.08. The van der Waals surface area contributed by atoms with Crippen LogP contribution >= 0.6 is 0 Å². The van der Waals surface area contributed by atoms with Crippen LogP contribution in [0.15, 0.2) is 60.2 Å². The number of aromatic nitrogens is 1. The second kappa shape index (κ2) is 8.50. The van der Waals surface area contributed by atoms with Gasteiger partial charge in [0.1, 0.15) is 23.7 Å². The molecule has 0 unspecified atom stereocenters. The summed E-state index contributed by atoms with van der Waals surface area (Å²) in [6, 6.07) is 14.6. The third-order valence-corrected chi connectivity index (χ3v) is 5.13. The van der Waals surface area contributed by atoms with Gasteiger partial charge in [0.2, 0.25) is 0 Å². The van der Waals surface area contributed by atoms with Gasteiger partial charge in [-0.25, -0.2) is 9.18 Å². The van der Waals surface area contributed by atoms with Gasteiger partial charge in [-0.15, -0.1) is 0 Å². The summed E-state index contributed by atoms with van der Waals surface area (Å²) in [5, 5.41) is 4.14. The molecule has 2 aromatic carbocycles. The van der Waals surface area contributed by atoms with Crippen LogP contribution in [0.2, 0.25) is 0 Å². The molecule has 2 N–H and O–H groups in total. The van der Waals surface area contributed by atoms with Crippen molar-refractivity contribution >= 4 is 23.9 Å². The lowest BCUT2D eigenvalue weighted by Gasteiger charge is -2.14. The highest BCUT2D eigenvalue weighted by Crippen LogP contribution is 2.25. The Morgan fingerprint density at radius 2 is 1.56 bits per heavy atom. The van der Waals surface area contributed by atoms with Crippen LogP contribution in [0.25, 0.3) is 11.8 Å². The molecular weight excluding hydrogens is 413 g/mol. The molecule has 1 aliphatic rings. The van der Waals surface area contributed by atoms with E-state index in [4.69, 9.17) is 4.74 Å². The SMILES string of the molecule is Cc1cc(C=C2C(=O)NC(=O)NC2=O)c(C)n1-c1ccc(OCc2ccc(F)cc2)cc1. The first-order valence-corrected chi connectivity index (χ1v) is 9.87. The molecule has 0 spiro atoms. The van der Waals surface area contributed by atoms with Crippen molar-refractivity contribution in [2.75, 3.05) is 0 Å². The summed E-state index contributed by atoms with van der Waals surface area (Å²) in [6.07, 6.45) is 1.47. The summed E-state index contributed by atoms with van der Waals surface area (Å²) in [5.41, 5.74) is 4.03. The van der Waals surface area contributed by atoms with Gasteiger partial charge >= 0.3 is 6.03 Å². The monoisotopic (exact) mass is 433 g/mol. The Hall–Kier alpha value is -4.20. The Labute approximate surface area is 183 Å². The fourth-order valence-corrected chi connectivity index (χ4v) is 3.53. The Balaban J connectivity index is 1.54. The van der Waals surface area contributed by atoms with Gasteiger partial charge in [-0.3, -0.25) is 20.2 Å². The molecule has 0 bridgehead atoms. The molecule has 7 nitrogen and oxygen atoms in total. The number of ether oxygens (including phenoxy) is 1. The van der Waals surface area contributed by atoms with Gasteiger partial charge in [0.15, 0.2) is 0 Å². The molecule has 4 rings (SSSR count). The maximum Gasteiger partial charge on any atom is 0.328 e. The lowest BCUT2D eigenvalue weighted by molar-refractivity contribution is -0.123. The van der Waals surface area contributed by atoms with E-state index in [2.05, 4.69) is 10.6 Å². The largest absolute Gasteiger partial charge is 0.489 e. The second-order valence-corrected chi connectivity index (χ2v) is 7.37. The molecule has 0 aliphatic carbocycles. The predicted molar refractivity (Wildman–Crippen MR) is 116 cm³/mol. The van der Waals surface area contributed by atoms with Crippen LogP contribution < -0.4 is 15.4 Å². The minimum atomic E-state index is -0.829. The molecule has 32 heavy (non-hydrogen) atoms. The number of carbonyl (C=O) groups is 3. The van der Waals surface area contributed by atoms with Crippen molar-refractivity contribution in [3.05, 3.63) is 88.5 Å². The number of benzene rings is 2. The standard InChI is InChI=1S/C24H20FN3O4/c1-14-11-17(12-21-22(29)26-24(31)27-23(21)30)15(2)28(14)19-7-9-20(10-8-19)32-13-16-3-5-18(25)6-4-16/h3-12H,13H2,1-2H3,(H2,26,27,29,30,31). The third kappa shape index (κ3) is 4.29. The minimum absolute atomic E-state index is 0.130. The number of carbonyl (C=O) groups excluding carboxylic acids is 3. The van der Waals surface area contributed by atoms with Crippen molar-refractivity contribution in [1.29, 1.82) is 0 Å². The molecule has 1 fully saturated rings. The average molecular weight is 433 g/mol. The highest BCUT2D eigenvalue weighted by atomic mass is 19.1. The molecule has 0 radical (unpaired) electrons. The lowest BCUT2D eigenvalue weighted by atomic mass is 10.1. The Morgan fingerprint density at radius 3 is 2.19 bits per heavy atom. The number of amides is 4. The number of rotatable bonds is 5. The van der Waals surface area contributed by atoms with E-state index in [9.17, 15) is 18.8 Å². The van der Waals surface area contributed by atoms with Crippen molar-refractivity contribution in [2.24, 2.45) is 0 Å². The number of aryl methyl sites for hydroxylation is 1. The van der Waals surface area contributed by atoms with E-state index < -0.39 is 17.8 Å². The second-order valence-electron chi connectivity index (χ2n) is 7.37. The predicted octanol–water partition coefficient (Wildman–Crippen LogP) is 3.56. The summed E-state index contributed by atoms with van der Waals surface area (Å²) in [7, 11) is 0. The molecular formula is C24H20FN3O4. The van der Waals surface area contributed by atoms with Gasteiger partial charge in [0.25, 0.3) is 11.8 Å². The Morgan fingerprint density at radius 1 is 0.938 bits per heavy atom. The third-order valence-electron chi connectivity index (χ3n) is 5.13. The van der Waals surface area contributed by atoms with Gasteiger partial charge in [-0.2, -0.15) is 0 Å². The number of barbiturate groups is 1. The molecule has 3 aromatic rings. The van der Waals surface area contributed by atoms with Crippen LogP contribution in [-0.4, -0.2) is 22.4 Å². The number of urea groups is 1. The van der Waals surface area contributed by atoms with Crippen molar-refractivity contribution < 1.29 is 23.5 Å². The summed E-state index contributed by atoms with van der Waals surface area (Å²) in [6.45, 7) is 4.12. The fourth-order valence-electron chi connectivity index (χ4n) is 3.53. The van der Waals surface area contributed by atoms with Crippen LogP contribution in [0.4, 0.5) is 9.18 Å². The first kappa shape index (κ1) is 21.0. The normalized spacial score (nSPS) is 13.6. The van der Waals surface area contributed by atoms with E-state index in [1.165, 1.54) is 18.2 Å². The maximum atomic E-state index is 13.0. The molecule has 1 saturated heterocycles. The molecule has 8 heteroatoms. The van der Waals surface area contributed by atoms with E-state index in [0.29, 0.717) is 17.9 Å². The highest BCUT2D eigenvalue weighted by molar-refractivity contribution is 6.31. The molecule has 2 heterocycles. The van der Waals surface area contributed by atoms with Crippen LogP contribution in [0.5, 0.6) is 5.75 Å². The topological polar surface area (TPSA) is 89.4 Å². The fraction of sp³-hybridized carbons (Fsp3) is 0.125. The highest BCUT2D eigenvalue weighted by Gasteiger charge is 2.28. The Kier molecular flexibility index (Phi) is 5.59. The zero-order valence-electron chi connectivity index (χ0n) is 17.4. The zero-order chi connectivity index (χ0) is 22.8. The van der Waals surface area contributed by atoms with Crippen LogP contribution in [0.3, 0.4) is 0 Å². The number of hydrogen-bond donors (Lipinski definition) is 2. The van der Waals surface area contributed by atoms with E-state index in [1.807, 2.05) is 48.7 Å². The molecule has 1 aliphatic heterocycles. The average Bonchev–Trinajstić information content (AvgIpc) is 3.03. The van der Waals surface area contributed by atoms with Gasteiger partial charge in [0.05, 0.1) is 0 Å². The number of hydrogen-bond acceptors (Lipinski definition) is 4. The van der Waals surface area contributed by atoms with Gasteiger partial charge < -0.3 is 9.30 Å². The zero-order valence-corrected chi connectivity index (χ0v) is 17.4. The van der Waals surface area contributed by atoms with Crippen molar-refractivity contribution in [3.8, 4) is 11.4 Å². The van der Waals surface area contributed by atoms with Crippen LogP contribution in [0, 0.1) is 19.7 Å². The van der Waals surface area contributed by atoms with Gasteiger partial charge in [-0.1, -0.05) is 12.1 Å². The number of nitrogens with zero attached hydrogens (tertiary/aromatic N) is 1. The van der Waals surface area contributed by atoms with E-state index in [1.54, 1.807) is 12.1 Å². The summed E-state index contributed by atoms with van der Waals surface area (Å²) < 4.78 is 20.8. The lowest BCUT2D eigenvalue weighted by Crippen LogP contribution is -2.51. The van der Waals surface area contributed by atoms with Crippen LogP contribution in [-0.2, 0) is 16.2 Å². The van der Waals surface area contributed by atoms with Gasteiger partial charge in [0, 0.05) is 17.1 Å². The number of halogens is 1.